The molecule has 3 aromatic heterocycles. The second kappa shape index (κ2) is 8.81. The Morgan fingerprint density at radius 3 is 2.00 bits per heavy atom. The molecule has 0 saturated heterocycles. The van der Waals surface area contributed by atoms with Crippen LogP contribution in [0.15, 0.2) is 31.1 Å². The number of rotatable bonds is 10. The van der Waals surface area contributed by atoms with Gasteiger partial charge in [0.2, 0.25) is 6.33 Å². The van der Waals surface area contributed by atoms with Gasteiger partial charge in [-0.05, 0) is 0 Å². The first kappa shape index (κ1) is 19.1. The predicted molar refractivity (Wildman–Crippen MR) is 89.3 cm³/mol. The Bertz CT molecular complexity index is 770. The predicted octanol–water partition coefficient (Wildman–Crippen LogP) is -2.89. The molecule has 12 nitrogen and oxygen atoms in total. The van der Waals surface area contributed by atoms with Crippen molar-refractivity contribution in [2.24, 2.45) is 0 Å². The van der Waals surface area contributed by atoms with Gasteiger partial charge in [-0.15, -0.1) is 10.2 Å². The number of aromatic nitrogens is 8. The Morgan fingerprint density at radius 2 is 1.41 bits per heavy atom. The Balaban J connectivity index is 1.62. The van der Waals surface area contributed by atoms with Crippen LogP contribution in [0.1, 0.15) is 23.5 Å². The summed E-state index contributed by atoms with van der Waals surface area (Å²) in [4.78, 5) is 0. The van der Waals surface area contributed by atoms with Crippen LogP contribution in [-0.2, 0) is 13.1 Å². The standard InChI is InChI=1S/C15H23N8O4/c24-7-14(8-25)22-5-12(16-18-22)3-20-1-2-21(11-20)4-13-6-23(19-17-13)15(9-26)10-27/h1-2,5-6,11,14-15,24-27H,3-4,7-10H2/q+1. The molecule has 0 amide bonds. The van der Waals surface area contributed by atoms with Crippen LogP contribution < -0.4 is 4.57 Å². The van der Waals surface area contributed by atoms with E-state index in [2.05, 4.69) is 20.6 Å². The molecule has 0 saturated carbocycles. The third kappa shape index (κ3) is 4.54. The molecule has 3 aromatic rings. The molecule has 12 heteroatoms. The summed E-state index contributed by atoms with van der Waals surface area (Å²) in [6, 6.07) is -0.991. The fraction of sp³-hybridized carbons (Fsp3) is 0.533. The third-order valence-corrected chi connectivity index (χ3v) is 4.14. The van der Waals surface area contributed by atoms with Gasteiger partial charge in [-0.25, -0.2) is 18.5 Å². The molecule has 3 rings (SSSR count). The summed E-state index contributed by atoms with van der Waals surface area (Å²) >= 11 is 0. The van der Waals surface area contributed by atoms with E-state index >= 15 is 0 Å². The average molecular weight is 379 g/mol. The van der Waals surface area contributed by atoms with Crippen LogP contribution in [0.25, 0.3) is 0 Å². The summed E-state index contributed by atoms with van der Waals surface area (Å²) in [6.07, 6.45) is 9.02. The van der Waals surface area contributed by atoms with Crippen molar-refractivity contribution in [1.82, 2.24) is 34.6 Å². The number of hydrogen-bond acceptors (Lipinski definition) is 8. The normalized spacial score (nSPS) is 11.8. The van der Waals surface area contributed by atoms with E-state index in [-0.39, 0.29) is 26.4 Å². The van der Waals surface area contributed by atoms with Crippen molar-refractivity contribution in [3.05, 3.63) is 42.5 Å². The number of hydrogen-bond donors (Lipinski definition) is 4. The topological polar surface area (TPSA) is 151 Å². The van der Waals surface area contributed by atoms with Crippen molar-refractivity contribution in [1.29, 1.82) is 0 Å². The second-order valence-corrected chi connectivity index (χ2v) is 6.18. The average Bonchev–Trinajstić information content (AvgIpc) is 3.41. The maximum atomic E-state index is 9.19. The molecule has 27 heavy (non-hydrogen) atoms. The Labute approximate surface area is 154 Å². The quantitative estimate of drug-likeness (QED) is 0.274. The molecule has 0 aliphatic rings. The van der Waals surface area contributed by atoms with Gasteiger partial charge in [-0.3, -0.25) is 0 Å². The second-order valence-electron chi connectivity index (χ2n) is 6.18. The highest BCUT2D eigenvalue weighted by Gasteiger charge is 2.15. The van der Waals surface area contributed by atoms with Crippen molar-refractivity contribution in [2.75, 3.05) is 26.4 Å². The van der Waals surface area contributed by atoms with Crippen LogP contribution in [0.4, 0.5) is 0 Å². The largest absolute Gasteiger partial charge is 0.394 e. The van der Waals surface area contributed by atoms with Gasteiger partial charge in [0.1, 0.15) is 36.9 Å². The van der Waals surface area contributed by atoms with E-state index < -0.39 is 12.1 Å². The molecular formula is C15H23N8O4+. The van der Waals surface area contributed by atoms with E-state index in [0.717, 1.165) is 0 Å². The molecule has 0 unspecified atom stereocenters. The molecule has 0 atom stereocenters. The lowest BCUT2D eigenvalue weighted by Crippen LogP contribution is -2.31. The lowest BCUT2D eigenvalue weighted by atomic mass is 10.3. The molecule has 0 bridgehead atoms. The molecule has 3 heterocycles. The van der Waals surface area contributed by atoms with Gasteiger partial charge in [0.05, 0.1) is 50.9 Å². The molecule has 4 N–H and O–H groups in total. The van der Waals surface area contributed by atoms with Crippen LogP contribution in [0.5, 0.6) is 0 Å². The van der Waals surface area contributed by atoms with E-state index in [1.165, 1.54) is 9.36 Å². The molecule has 0 aliphatic heterocycles. The summed E-state index contributed by atoms with van der Waals surface area (Å²) in [5.74, 6) is 0. The van der Waals surface area contributed by atoms with Crippen LogP contribution in [0.3, 0.4) is 0 Å². The molecular weight excluding hydrogens is 356 g/mol. The smallest absolute Gasteiger partial charge is 0.244 e. The van der Waals surface area contributed by atoms with Crippen LogP contribution in [-0.4, -0.2) is 81.4 Å². The highest BCUT2D eigenvalue weighted by atomic mass is 16.3. The number of aliphatic hydroxyl groups excluding tert-OH is 4. The van der Waals surface area contributed by atoms with Crippen molar-refractivity contribution in [3.8, 4) is 0 Å². The minimum Gasteiger partial charge on any atom is -0.394 e. The van der Waals surface area contributed by atoms with E-state index in [4.69, 9.17) is 0 Å². The zero-order chi connectivity index (χ0) is 19.2. The molecule has 146 valence electrons. The fourth-order valence-electron chi connectivity index (χ4n) is 2.58. The van der Waals surface area contributed by atoms with Crippen LogP contribution in [0, 0.1) is 0 Å². The molecule has 0 spiro atoms. The monoisotopic (exact) mass is 379 g/mol. The number of imidazole rings is 1. The van der Waals surface area contributed by atoms with Crippen molar-refractivity contribution < 1.29 is 25.0 Å². The summed E-state index contributed by atoms with van der Waals surface area (Å²) < 4.78 is 6.72. The summed E-state index contributed by atoms with van der Waals surface area (Å²) in [5.41, 5.74) is 1.40. The molecule has 0 radical (unpaired) electrons. The van der Waals surface area contributed by atoms with Gasteiger partial charge in [-0.1, -0.05) is 10.4 Å². The van der Waals surface area contributed by atoms with E-state index in [1.807, 2.05) is 27.9 Å². The first-order valence-electron chi connectivity index (χ1n) is 8.46. The minimum atomic E-state index is -0.495. The highest BCUT2D eigenvalue weighted by molar-refractivity contribution is 4.95. The van der Waals surface area contributed by atoms with Gasteiger partial charge < -0.3 is 20.4 Å². The van der Waals surface area contributed by atoms with E-state index in [1.54, 1.807) is 12.4 Å². The number of aliphatic hydroxyl groups is 4. The van der Waals surface area contributed by atoms with Gasteiger partial charge in [0.15, 0.2) is 0 Å². The lowest BCUT2D eigenvalue weighted by Gasteiger charge is -2.09. The maximum Gasteiger partial charge on any atom is 0.244 e. The Hall–Kier alpha value is -2.67. The van der Waals surface area contributed by atoms with Crippen LogP contribution >= 0.6 is 0 Å². The number of nitrogens with zero attached hydrogens (tertiary/aromatic N) is 8. The summed E-state index contributed by atoms with van der Waals surface area (Å²) in [7, 11) is 0. The van der Waals surface area contributed by atoms with Gasteiger partial charge in [0, 0.05) is 0 Å². The fourth-order valence-corrected chi connectivity index (χ4v) is 2.58. The summed E-state index contributed by atoms with van der Waals surface area (Å²) in [5, 5.41) is 52.7. The Kier molecular flexibility index (Phi) is 6.24. The summed E-state index contributed by atoms with van der Waals surface area (Å²) in [6.45, 7) is 0.127. The van der Waals surface area contributed by atoms with Gasteiger partial charge in [0.25, 0.3) is 0 Å². The van der Waals surface area contributed by atoms with Gasteiger partial charge >= 0.3 is 0 Å². The van der Waals surface area contributed by atoms with Gasteiger partial charge in [-0.2, -0.15) is 0 Å². The maximum absolute atomic E-state index is 9.19. The zero-order valence-corrected chi connectivity index (χ0v) is 14.7. The first-order chi connectivity index (χ1) is 13.2. The molecule has 0 fully saturated rings. The highest BCUT2D eigenvalue weighted by Crippen LogP contribution is 2.06. The van der Waals surface area contributed by atoms with Crippen molar-refractivity contribution in [2.45, 2.75) is 25.2 Å². The SMILES string of the molecule is OCC(CO)n1cc(Cn2cc[n+](Cc3cn(C(CO)CO)nn3)c2)nn1. The first-order valence-corrected chi connectivity index (χ1v) is 8.46. The third-order valence-electron chi connectivity index (χ3n) is 4.14. The zero-order valence-electron chi connectivity index (χ0n) is 14.7. The molecule has 0 aromatic carbocycles. The van der Waals surface area contributed by atoms with Crippen LogP contribution in [0.2, 0.25) is 0 Å². The van der Waals surface area contributed by atoms with Crippen molar-refractivity contribution in [3.63, 3.8) is 0 Å². The Morgan fingerprint density at radius 1 is 0.852 bits per heavy atom. The molecule has 0 aliphatic carbocycles. The minimum absolute atomic E-state index is 0.211. The van der Waals surface area contributed by atoms with E-state index in [0.29, 0.717) is 24.5 Å². The lowest BCUT2D eigenvalue weighted by molar-refractivity contribution is -0.688. The van der Waals surface area contributed by atoms with E-state index in [9.17, 15) is 20.4 Å². The van der Waals surface area contributed by atoms with Crippen molar-refractivity contribution >= 4 is 0 Å².